The molecule has 2 aliphatic carbocycles. The molecule has 132 valence electrons. The van der Waals surface area contributed by atoms with Crippen LogP contribution in [-0.4, -0.2) is 6.54 Å². The van der Waals surface area contributed by atoms with Crippen molar-refractivity contribution in [3.63, 3.8) is 0 Å². The molecule has 1 nitrogen and oxygen atoms in total. The van der Waals surface area contributed by atoms with Crippen molar-refractivity contribution < 1.29 is 17.0 Å². The molecule has 3 unspecified atom stereocenters. The average Bonchev–Trinajstić information content (AvgIpc) is 2.85. The Morgan fingerprint density at radius 3 is 2.38 bits per heavy atom. The molecule has 3 rings (SSSR count). The van der Waals surface area contributed by atoms with Gasteiger partial charge in [0.2, 0.25) is 0 Å². The van der Waals surface area contributed by atoms with Crippen molar-refractivity contribution in [2.45, 2.75) is 33.6 Å². The van der Waals surface area contributed by atoms with E-state index < -0.39 is 17.0 Å². The number of fused-ring (bicyclic) bond motifs is 1. The molecule has 0 aromatic heterocycles. The molecule has 1 fully saturated rings. The Hall–Kier alpha value is -0.206. The molecular formula is C20H27Cl2NTi-2. The van der Waals surface area contributed by atoms with Gasteiger partial charge in [0.1, 0.15) is 0 Å². The first-order valence-corrected chi connectivity index (χ1v) is 12.4. The van der Waals surface area contributed by atoms with Crippen LogP contribution in [0.25, 0.3) is 5.32 Å². The van der Waals surface area contributed by atoms with Crippen LogP contribution in [0.1, 0.15) is 30.9 Å². The van der Waals surface area contributed by atoms with Crippen molar-refractivity contribution >= 4 is 24.3 Å². The summed E-state index contributed by atoms with van der Waals surface area (Å²) in [5, 5.41) is 4.83. The minimum atomic E-state index is -0.556. The van der Waals surface area contributed by atoms with Gasteiger partial charge in [-0.05, 0) is 44.4 Å². The first kappa shape index (κ1) is 21.8. The summed E-state index contributed by atoms with van der Waals surface area (Å²) in [4.78, 5) is 0. The van der Waals surface area contributed by atoms with Crippen molar-refractivity contribution in [3.8, 4) is 0 Å². The number of rotatable bonds is 3. The third-order valence-corrected chi connectivity index (χ3v) is 4.64. The summed E-state index contributed by atoms with van der Waals surface area (Å²) in [5.41, 5.74) is 5.25. The summed E-state index contributed by atoms with van der Waals surface area (Å²) in [6, 6.07) is 6.57. The van der Waals surface area contributed by atoms with Crippen LogP contribution in [0.3, 0.4) is 0 Å². The van der Waals surface area contributed by atoms with Gasteiger partial charge in [-0.3, -0.25) is 0 Å². The Morgan fingerprint density at radius 2 is 1.75 bits per heavy atom. The second kappa shape index (κ2) is 10.7. The Kier molecular flexibility index (Phi) is 9.74. The van der Waals surface area contributed by atoms with Crippen molar-refractivity contribution in [2.75, 3.05) is 6.54 Å². The summed E-state index contributed by atoms with van der Waals surface area (Å²) in [7, 11) is 9.78. The second-order valence-electron chi connectivity index (χ2n) is 6.71. The minimum absolute atomic E-state index is 0. The van der Waals surface area contributed by atoms with E-state index in [1.54, 1.807) is 0 Å². The van der Waals surface area contributed by atoms with Gasteiger partial charge in [0.05, 0.1) is 0 Å². The molecule has 0 saturated heterocycles. The quantitative estimate of drug-likeness (QED) is 0.374. The number of nitrogens with zero attached hydrogens (tertiary/aromatic N) is 1. The molecule has 0 amide bonds. The summed E-state index contributed by atoms with van der Waals surface area (Å²) in [5.74, 6) is 2.36. The monoisotopic (exact) mass is 399 g/mol. The molecule has 0 N–H and O–H groups in total. The zero-order valence-electron chi connectivity index (χ0n) is 15.0. The molecule has 0 bridgehead atoms. The normalized spacial score (nSPS) is 24.0. The summed E-state index contributed by atoms with van der Waals surface area (Å²) in [6.07, 6.45) is 9.62. The fourth-order valence-corrected chi connectivity index (χ4v) is 3.81. The van der Waals surface area contributed by atoms with Gasteiger partial charge in [-0.15, -0.1) is 12.2 Å². The molecule has 2 aliphatic rings. The van der Waals surface area contributed by atoms with E-state index in [2.05, 4.69) is 57.2 Å². The molecule has 0 spiro atoms. The Bertz CT molecular complexity index is 563. The molecule has 1 aromatic carbocycles. The van der Waals surface area contributed by atoms with Crippen LogP contribution in [0.15, 0.2) is 42.0 Å². The number of hydrogen-bond donors (Lipinski definition) is 0. The zero-order valence-corrected chi connectivity index (χ0v) is 18.1. The Morgan fingerprint density at radius 1 is 1.12 bits per heavy atom. The fourth-order valence-electron chi connectivity index (χ4n) is 3.81. The van der Waals surface area contributed by atoms with Crippen LogP contribution in [0.4, 0.5) is 5.69 Å². The first-order valence-electron chi connectivity index (χ1n) is 8.12. The van der Waals surface area contributed by atoms with Crippen molar-refractivity contribution in [3.05, 3.63) is 65.9 Å². The van der Waals surface area contributed by atoms with Crippen LogP contribution in [0.2, 0.25) is 0 Å². The predicted molar refractivity (Wildman–Crippen MR) is 105 cm³/mol. The molecule has 1 aromatic rings. The summed E-state index contributed by atoms with van der Waals surface area (Å²) >= 11 is -0.556. The van der Waals surface area contributed by atoms with Gasteiger partial charge in [-0.25, -0.2) is 0 Å². The Balaban J connectivity index is 0.000000671. The fraction of sp³-hybridized carbons (Fsp3) is 0.450. The van der Waals surface area contributed by atoms with Gasteiger partial charge in [0.15, 0.2) is 0 Å². The molecule has 0 heterocycles. The number of halogens is 2. The number of allylic oxidation sites excluding steroid dienone is 3. The van der Waals surface area contributed by atoms with E-state index in [9.17, 15) is 0 Å². The first-order chi connectivity index (χ1) is 11.0. The SMILES string of the molecule is Cc1cc(C)cc([N-]CC2=CC=CC3CC(C)CC23)c1.[CH3-].[Cl][Ti][Cl]. The van der Waals surface area contributed by atoms with E-state index in [1.165, 1.54) is 29.5 Å². The summed E-state index contributed by atoms with van der Waals surface area (Å²) < 4.78 is 0. The van der Waals surface area contributed by atoms with E-state index in [1.807, 2.05) is 0 Å². The molecule has 0 aliphatic heterocycles. The predicted octanol–water partition coefficient (Wildman–Crippen LogP) is 7.29. The summed E-state index contributed by atoms with van der Waals surface area (Å²) in [6.45, 7) is 7.53. The van der Waals surface area contributed by atoms with Crippen LogP contribution in [0, 0.1) is 39.0 Å². The standard InChI is InChI=1S/C19H24N.CH3.2ClH.Ti/c1-13-7-14(2)10-18(9-13)20-12-17-6-4-5-16-8-15(3)11-19(16)17;;;;/h4-7,9-10,15-16,19H,8,11-12H2,1-3H3;1H3;2*1H;/q2*-1;;;+2/p-2. The van der Waals surface area contributed by atoms with Gasteiger partial charge < -0.3 is 12.7 Å². The zero-order chi connectivity index (χ0) is 16.8. The molecule has 1 saturated carbocycles. The van der Waals surface area contributed by atoms with Crippen LogP contribution < -0.4 is 0 Å². The van der Waals surface area contributed by atoms with Crippen molar-refractivity contribution in [2.24, 2.45) is 17.8 Å². The molecule has 0 radical (unpaired) electrons. The van der Waals surface area contributed by atoms with Gasteiger partial charge in [-0.1, -0.05) is 60.1 Å². The van der Waals surface area contributed by atoms with Gasteiger partial charge in [-0.2, -0.15) is 0 Å². The molecule has 4 heteroatoms. The van der Waals surface area contributed by atoms with Gasteiger partial charge in [0.25, 0.3) is 0 Å². The Labute approximate surface area is 164 Å². The molecular weight excluding hydrogens is 373 g/mol. The average molecular weight is 400 g/mol. The molecule has 3 atom stereocenters. The third-order valence-electron chi connectivity index (χ3n) is 4.64. The number of hydrogen-bond acceptors (Lipinski definition) is 0. The van der Waals surface area contributed by atoms with Gasteiger partial charge in [0, 0.05) is 0 Å². The maximum atomic E-state index is 4.89. The maximum absolute atomic E-state index is 4.89. The third kappa shape index (κ3) is 6.26. The van der Waals surface area contributed by atoms with Crippen molar-refractivity contribution in [1.82, 2.24) is 0 Å². The van der Waals surface area contributed by atoms with E-state index in [4.69, 9.17) is 23.9 Å². The topological polar surface area (TPSA) is 14.1 Å². The number of benzene rings is 1. The van der Waals surface area contributed by atoms with E-state index in [-0.39, 0.29) is 7.43 Å². The second-order valence-corrected chi connectivity index (χ2v) is 9.29. The van der Waals surface area contributed by atoms with E-state index in [0.717, 1.165) is 30.0 Å². The van der Waals surface area contributed by atoms with E-state index in [0.29, 0.717) is 0 Å². The van der Waals surface area contributed by atoms with E-state index >= 15 is 0 Å². The van der Waals surface area contributed by atoms with Crippen LogP contribution in [-0.2, 0) is 17.0 Å². The van der Waals surface area contributed by atoms with Crippen LogP contribution in [0.5, 0.6) is 0 Å². The van der Waals surface area contributed by atoms with Crippen LogP contribution >= 0.6 is 18.6 Å². The molecule has 24 heavy (non-hydrogen) atoms. The number of aryl methyl sites for hydroxylation is 2. The van der Waals surface area contributed by atoms with Gasteiger partial charge >= 0.3 is 35.6 Å². The van der Waals surface area contributed by atoms with Crippen molar-refractivity contribution in [1.29, 1.82) is 0 Å².